The first-order chi connectivity index (χ1) is 28.8. The lowest BCUT2D eigenvalue weighted by molar-refractivity contribution is -0.287. The molecule has 2 aliphatic heterocycles. The van der Waals surface area contributed by atoms with Crippen molar-refractivity contribution in [1.82, 2.24) is 19.1 Å². The van der Waals surface area contributed by atoms with Crippen LogP contribution in [0.4, 0.5) is 55.3 Å². The van der Waals surface area contributed by atoms with E-state index in [9.17, 15) is 43.9 Å². The third-order valence-corrected chi connectivity index (χ3v) is 9.22. The molecule has 8 rings (SSSR count). The van der Waals surface area contributed by atoms with Gasteiger partial charge in [-0.2, -0.15) is 31.6 Å². The zero-order valence-corrected chi connectivity index (χ0v) is 34.3. The van der Waals surface area contributed by atoms with Gasteiger partial charge >= 0.3 is 24.9 Å². The molecule has 0 bridgehead atoms. The third-order valence-electron chi connectivity index (χ3n) is 8.24. The predicted molar refractivity (Wildman–Crippen MR) is 207 cm³/mol. The normalized spacial score (nSPS) is 14.6. The number of nitrogens with zero attached hydrogens (tertiary/aromatic N) is 6. The number of rotatable bonds is 4. The number of ether oxygens (including phenoxy) is 4. The van der Waals surface area contributed by atoms with Gasteiger partial charge in [-0.1, -0.05) is 31.9 Å². The van der Waals surface area contributed by atoms with Crippen molar-refractivity contribution in [2.75, 3.05) is 5.73 Å². The molecule has 4 N–H and O–H groups in total. The second-order valence-corrected chi connectivity index (χ2v) is 14.5. The summed E-state index contributed by atoms with van der Waals surface area (Å²) in [7, 11) is 0. The van der Waals surface area contributed by atoms with E-state index < -0.39 is 36.3 Å². The number of benzene rings is 4. The Kier molecular flexibility index (Phi) is 12.2. The van der Waals surface area contributed by atoms with E-state index in [1.54, 1.807) is 36.4 Å². The number of anilines is 1. The Labute approximate surface area is 359 Å². The minimum atomic E-state index is -4.61. The zero-order valence-electron chi connectivity index (χ0n) is 31.1. The molecule has 324 valence electrons. The van der Waals surface area contributed by atoms with Crippen LogP contribution in [-0.2, 0) is 12.4 Å². The van der Waals surface area contributed by atoms with Crippen molar-refractivity contribution in [2.45, 2.75) is 38.8 Å². The fraction of sp³-hybridized carbons (Fsp3) is 0.158. The standard InChI is InChI=1S/C19H12BrF5N4O2.C12H7BrF3N3.C7H5F2NO2/c1-9-27-16(18(21,22)23)8-29(9)13-4-2-10(20)6-12(13)17(26)28-11-3-5-14-15(7-11)31-19(24,25)30-14;1-7-18-11(12(14,15)16)6-19(7)10-3-2-9(13)4-8(10)5-17;8-7(9)11-5-2-1-4(10)3-6(5)12-7/h2-8H,1H3,(H2,26,28);2-4,6H,1H3;1-3H,10H2. The molecule has 6 aromatic rings. The van der Waals surface area contributed by atoms with Crippen molar-refractivity contribution in [3.8, 4) is 40.4 Å². The van der Waals surface area contributed by atoms with Gasteiger partial charge in [0.1, 0.15) is 23.6 Å². The maximum Gasteiger partial charge on any atom is 0.586 e. The average molecular weight is 1010 g/mol. The van der Waals surface area contributed by atoms with Gasteiger partial charge in [0.05, 0.1) is 22.6 Å². The van der Waals surface area contributed by atoms with E-state index >= 15 is 0 Å². The van der Waals surface area contributed by atoms with Crippen molar-refractivity contribution in [2.24, 2.45) is 10.7 Å². The van der Waals surface area contributed by atoms with Crippen LogP contribution in [0.3, 0.4) is 0 Å². The second kappa shape index (κ2) is 16.8. The van der Waals surface area contributed by atoms with Gasteiger partial charge in [-0.05, 0) is 74.5 Å². The van der Waals surface area contributed by atoms with Gasteiger partial charge < -0.3 is 39.5 Å². The fourth-order valence-electron chi connectivity index (χ4n) is 5.61. The molecule has 0 unspecified atom stereocenters. The highest BCUT2D eigenvalue weighted by Gasteiger charge is 2.44. The van der Waals surface area contributed by atoms with Crippen LogP contribution in [0, 0.1) is 25.2 Å². The number of amidine groups is 1. The molecule has 4 aromatic carbocycles. The molecule has 12 nitrogen and oxygen atoms in total. The Morgan fingerprint density at radius 2 is 1.15 bits per heavy atom. The van der Waals surface area contributed by atoms with Crippen LogP contribution >= 0.6 is 31.9 Å². The molecule has 4 heterocycles. The van der Waals surface area contributed by atoms with Crippen LogP contribution < -0.4 is 30.4 Å². The number of alkyl halides is 10. The Morgan fingerprint density at radius 1 is 0.677 bits per heavy atom. The molecular weight excluding hydrogens is 982 g/mol. The van der Waals surface area contributed by atoms with Gasteiger partial charge in [0.2, 0.25) is 0 Å². The van der Waals surface area contributed by atoms with Crippen molar-refractivity contribution >= 4 is 49.1 Å². The number of hydrogen-bond donors (Lipinski definition) is 2. The van der Waals surface area contributed by atoms with E-state index in [1.807, 2.05) is 6.07 Å². The topological polar surface area (TPSA) is 161 Å². The first-order valence-electron chi connectivity index (χ1n) is 17.0. The molecule has 0 radical (unpaired) electrons. The number of aromatic nitrogens is 4. The minimum Gasteiger partial charge on any atom is -0.399 e. The average Bonchev–Trinajstić information content (AvgIpc) is 3.92. The maximum absolute atomic E-state index is 13.2. The molecule has 0 spiro atoms. The number of aryl methyl sites for hydroxylation is 2. The summed E-state index contributed by atoms with van der Waals surface area (Å²) in [5.41, 5.74) is 11.2. The van der Waals surface area contributed by atoms with Crippen LogP contribution in [0.5, 0.6) is 23.0 Å². The fourth-order valence-corrected chi connectivity index (χ4v) is 6.33. The SMILES string of the molecule is Cc1nc(C(F)(F)F)cn1-c1ccc(Br)cc1C#N.Cc1nc(C(F)(F)F)cn1-c1ccc(Br)cc1C(N)=Nc1ccc2c(c1)OC(F)(F)O2.Nc1ccc2c(c1)OC(F)(F)O2. The summed E-state index contributed by atoms with van der Waals surface area (Å²) >= 11 is 6.51. The third kappa shape index (κ3) is 10.3. The number of nitrogen functional groups attached to an aromatic ring is 1. The van der Waals surface area contributed by atoms with Gasteiger partial charge in [0.25, 0.3) is 0 Å². The van der Waals surface area contributed by atoms with Crippen LogP contribution in [0.25, 0.3) is 11.4 Å². The zero-order chi connectivity index (χ0) is 45.5. The summed E-state index contributed by atoms with van der Waals surface area (Å²) < 4.78 is 149. The molecule has 24 heteroatoms. The number of nitriles is 1. The number of imidazole rings is 2. The van der Waals surface area contributed by atoms with Crippen LogP contribution in [0.2, 0.25) is 0 Å². The van der Waals surface area contributed by atoms with Crippen LogP contribution in [0.1, 0.15) is 34.2 Å². The van der Waals surface area contributed by atoms with E-state index in [1.165, 1.54) is 59.4 Å². The minimum absolute atomic E-state index is 0.00852. The van der Waals surface area contributed by atoms with Crippen molar-refractivity contribution < 1.29 is 62.9 Å². The van der Waals surface area contributed by atoms with Gasteiger partial charge in [0, 0.05) is 44.7 Å². The predicted octanol–water partition coefficient (Wildman–Crippen LogP) is 10.7. The Morgan fingerprint density at radius 3 is 1.66 bits per heavy atom. The van der Waals surface area contributed by atoms with Crippen LogP contribution in [-0.4, -0.2) is 37.5 Å². The van der Waals surface area contributed by atoms with Gasteiger partial charge in [0.15, 0.2) is 34.4 Å². The smallest absolute Gasteiger partial charge is 0.399 e. The number of nitrogens with two attached hydrogens (primary N) is 2. The number of hydrogen-bond acceptors (Lipinski definition) is 9. The summed E-state index contributed by atoms with van der Waals surface area (Å²) in [6.07, 6.45) is -14.7. The number of aliphatic imine (C=N–C) groups is 1. The molecule has 0 amide bonds. The highest BCUT2D eigenvalue weighted by molar-refractivity contribution is 9.10. The Hall–Kier alpha value is -6.48. The monoisotopic (exact) mass is 1000 g/mol. The van der Waals surface area contributed by atoms with E-state index in [2.05, 4.69) is 65.8 Å². The molecule has 0 saturated heterocycles. The van der Waals surface area contributed by atoms with E-state index in [4.69, 9.17) is 16.7 Å². The lowest BCUT2D eigenvalue weighted by Gasteiger charge is -2.12. The summed E-state index contributed by atoms with van der Waals surface area (Å²) in [6.45, 7) is 2.88. The van der Waals surface area contributed by atoms with Crippen molar-refractivity contribution in [1.29, 1.82) is 5.26 Å². The lowest BCUT2D eigenvalue weighted by atomic mass is 10.1. The molecule has 0 atom stereocenters. The molecule has 62 heavy (non-hydrogen) atoms. The van der Waals surface area contributed by atoms with Crippen molar-refractivity contribution in [3.05, 3.63) is 128 Å². The summed E-state index contributed by atoms with van der Waals surface area (Å²) in [6, 6.07) is 19.4. The molecule has 2 aliphatic rings. The maximum atomic E-state index is 13.2. The van der Waals surface area contributed by atoms with Gasteiger partial charge in [-0.25, -0.2) is 15.0 Å². The van der Waals surface area contributed by atoms with Gasteiger partial charge in [-0.3, -0.25) is 0 Å². The van der Waals surface area contributed by atoms with Crippen molar-refractivity contribution in [3.63, 3.8) is 0 Å². The van der Waals surface area contributed by atoms with Gasteiger partial charge in [-0.15, -0.1) is 17.6 Å². The molecule has 0 aliphatic carbocycles. The first kappa shape index (κ1) is 45.1. The highest BCUT2D eigenvalue weighted by atomic mass is 79.9. The number of fused-ring (bicyclic) bond motifs is 2. The molecule has 2 aromatic heterocycles. The highest BCUT2D eigenvalue weighted by Crippen LogP contribution is 2.43. The van der Waals surface area contributed by atoms with E-state index in [0.29, 0.717) is 31.6 Å². The molecule has 0 fully saturated rings. The van der Waals surface area contributed by atoms with E-state index in [-0.39, 0.29) is 51.7 Å². The lowest BCUT2D eigenvalue weighted by Crippen LogP contribution is -2.25. The second-order valence-electron chi connectivity index (χ2n) is 12.7. The Balaban J connectivity index is 0.000000174. The Bertz CT molecular complexity index is 2750. The summed E-state index contributed by atoms with van der Waals surface area (Å²) in [4.78, 5) is 11.2. The summed E-state index contributed by atoms with van der Waals surface area (Å²) in [5, 5.41) is 9.03. The largest absolute Gasteiger partial charge is 0.586 e. The van der Waals surface area contributed by atoms with Crippen LogP contribution in [0.15, 0.2) is 99.1 Å². The molecule has 0 saturated carbocycles. The number of halogens is 12. The molecular formula is C38H24Br2F10N8O4. The first-order valence-corrected chi connectivity index (χ1v) is 18.6. The quantitative estimate of drug-likeness (QED) is 0.0758. The summed E-state index contributed by atoms with van der Waals surface area (Å²) in [5.74, 6) is -0.189. The van der Waals surface area contributed by atoms with E-state index in [0.717, 1.165) is 12.4 Å².